The summed E-state index contributed by atoms with van der Waals surface area (Å²) in [6, 6.07) is 9.60. The summed E-state index contributed by atoms with van der Waals surface area (Å²) >= 11 is 0. The van der Waals surface area contributed by atoms with E-state index in [1.165, 1.54) is 0 Å². The van der Waals surface area contributed by atoms with Crippen molar-refractivity contribution in [3.8, 4) is 0 Å². The van der Waals surface area contributed by atoms with E-state index >= 15 is 0 Å². The lowest BCUT2D eigenvalue weighted by Gasteiger charge is -2.26. The second-order valence-electron chi connectivity index (χ2n) is 5.70. The number of aliphatic hydroxyl groups is 1. The molecule has 0 bridgehead atoms. The quantitative estimate of drug-likeness (QED) is 0.892. The fourth-order valence-corrected chi connectivity index (χ4v) is 3.18. The summed E-state index contributed by atoms with van der Waals surface area (Å²) in [6.07, 6.45) is 7.04. The first-order chi connectivity index (χ1) is 11.2. The molecule has 1 aliphatic rings. The number of imidazole rings is 1. The first-order valence-electron chi connectivity index (χ1n) is 7.97. The molecule has 120 valence electrons. The minimum Gasteiger partial charge on any atom is -0.503 e. The third-order valence-corrected chi connectivity index (χ3v) is 4.27. The van der Waals surface area contributed by atoms with E-state index in [0.717, 1.165) is 30.5 Å². The molecule has 0 spiro atoms. The largest absolute Gasteiger partial charge is 0.503 e. The van der Waals surface area contributed by atoms with E-state index in [2.05, 4.69) is 4.98 Å². The maximum atomic E-state index is 12.4. The highest BCUT2D eigenvalue weighted by Gasteiger charge is 2.38. The van der Waals surface area contributed by atoms with Crippen LogP contribution in [0.1, 0.15) is 25.3 Å². The molecule has 1 N–H and O–H groups in total. The Bertz CT molecular complexity index is 692. The molecule has 1 aliphatic heterocycles. The van der Waals surface area contributed by atoms with Crippen LogP contribution in [-0.2, 0) is 11.3 Å². The Labute approximate surface area is 135 Å². The van der Waals surface area contributed by atoms with E-state index in [4.69, 9.17) is 0 Å². The summed E-state index contributed by atoms with van der Waals surface area (Å²) in [5, 5.41) is 10.3. The van der Waals surface area contributed by atoms with Gasteiger partial charge in [0.25, 0.3) is 5.91 Å². The number of aryl methyl sites for hydroxylation is 1. The van der Waals surface area contributed by atoms with Gasteiger partial charge in [-0.3, -0.25) is 4.79 Å². The van der Waals surface area contributed by atoms with Gasteiger partial charge in [-0.25, -0.2) is 4.98 Å². The average Bonchev–Trinajstić information content (AvgIpc) is 3.17. The number of amides is 1. The molecule has 2 heterocycles. The summed E-state index contributed by atoms with van der Waals surface area (Å²) in [4.78, 5) is 18.3. The van der Waals surface area contributed by atoms with Crippen LogP contribution in [0.5, 0.6) is 0 Å². The number of carbonyl (C=O) groups is 1. The molecule has 1 atom stereocenters. The van der Waals surface area contributed by atoms with Gasteiger partial charge in [-0.05, 0) is 18.4 Å². The maximum absolute atomic E-state index is 12.4. The van der Waals surface area contributed by atoms with Crippen LogP contribution in [-0.4, -0.2) is 38.1 Å². The Morgan fingerprint density at radius 1 is 1.22 bits per heavy atom. The molecule has 0 radical (unpaired) electrons. The SMILES string of the molecule is CCC1C(c2ccccc2)=C(O)C(=O)N1CCCn1ccnc1. The second-order valence-corrected chi connectivity index (χ2v) is 5.70. The van der Waals surface area contributed by atoms with Gasteiger partial charge < -0.3 is 14.6 Å². The van der Waals surface area contributed by atoms with Crippen LogP contribution in [0.2, 0.25) is 0 Å². The number of aromatic nitrogens is 2. The number of carbonyl (C=O) groups excluding carboxylic acids is 1. The second kappa shape index (κ2) is 6.69. The van der Waals surface area contributed by atoms with Crippen molar-refractivity contribution >= 4 is 11.5 Å². The molecule has 5 heteroatoms. The fourth-order valence-electron chi connectivity index (χ4n) is 3.18. The van der Waals surface area contributed by atoms with Crippen LogP contribution in [0.15, 0.2) is 54.8 Å². The van der Waals surface area contributed by atoms with E-state index < -0.39 is 0 Å². The molecule has 0 aliphatic carbocycles. The molecule has 0 saturated heterocycles. The lowest BCUT2D eigenvalue weighted by molar-refractivity contribution is -0.129. The molecule has 1 amide bonds. The number of hydrogen-bond donors (Lipinski definition) is 1. The molecule has 0 saturated carbocycles. The summed E-state index contributed by atoms with van der Waals surface area (Å²) < 4.78 is 1.99. The van der Waals surface area contributed by atoms with Gasteiger partial charge in [-0.2, -0.15) is 0 Å². The summed E-state index contributed by atoms with van der Waals surface area (Å²) in [7, 11) is 0. The minimum absolute atomic E-state index is 0.0623. The third-order valence-electron chi connectivity index (χ3n) is 4.27. The molecule has 5 nitrogen and oxygen atoms in total. The minimum atomic E-state index is -0.263. The Morgan fingerprint density at radius 2 is 2.00 bits per heavy atom. The Kier molecular flexibility index (Phi) is 4.46. The predicted molar refractivity (Wildman–Crippen MR) is 88.6 cm³/mol. The van der Waals surface area contributed by atoms with Crippen molar-refractivity contribution in [2.45, 2.75) is 32.4 Å². The number of hydrogen-bond acceptors (Lipinski definition) is 3. The van der Waals surface area contributed by atoms with Crippen LogP contribution >= 0.6 is 0 Å². The predicted octanol–water partition coefficient (Wildman–Crippen LogP) is 2.86. The third kappa shape index (κ3) is 2.99. The smallest absolute Gasteiger partial charge is 0.289 e. The van der Waals surface area contributed by atoms with Crippen molar-refractivity contribution in [1.82, 2.24) is 14.5 Å². The lowest BCUT2D eigenvalue weighted by Crippen LogP contribution is -2.36. The van der Waals surface area contributed by atoms with Gasteiger partial charge in [0, 0.05) is 31.1 Å². The average molecular weight is 311 g/mol. The van der Waals surface area contributed by atoms with Crippen molar-refractivity contribution < 1.29 is 9.90 Å². The first kappa shape index (κ1) is 15.3. The summed E-state index contributed by atoms with van der Waals surface area (Å²) in [5.74, 6) is -0.369. The number of nitrogens with zero attached hydrogens (tertiary/aromatic N) is 3. The standard InChI is InChI=1S/C18H21N3O2/c1-2-15-16(14-7-4-3-5-8-14)17(22)18(23)21(15)11-6-10-20-12-9-19-13-20/h3-5,7-9,12-13,15,22H,2,6,10-11H2,1H3. The monoisotopic (exact) mass is 311 g/mol. The zero-order valence-corrected chi connectivity index (χ0v) is 13.2. The van der Waals surface area contributed by atoms with E-state index in [9.17, 15) is 9.90 Å². The highest BCUT2D eigenvalue weighted by atomic mass is 16.3. The van der Waals surface area contributed by atoms with E-state index in [-0.39, 0.29) is 17.7 Å². The Hall–Kier alpha value is -2.56. The van der Waals surface area contributed by atoms with E-state index in [0.29, 0.717) is 6.54 Å². The molecule has 2 aromatic rings. The normalized spacial score (nSPS) is 18.0. The van der Waals surface area contributed by atoms with Crippen molar-refractivity contribution in [2.24, 2.45) is 0 Å². The van der Waals surface area contributed by atoms with Gasteiger partial charge in [-0.1, -0.05) is 37.3 Å². The van der Waals surface area contributed by atoms with Crippen LogP contribution < -0.4 is 0 Å². The van der Waals surface area contributed by atoms with Gasteiger partial charge in [-0.15, -0.1) is 0 Å². The lowest BCUT2D eigenvalue weighted by atomic mass is 9.97. The van der Waals surface area contributed by atoms with Gasteiger partial charge in [0.15, 0.2) is 5.76 Å². The first-order valence-corrected chi connectivity index (χ1v) is 7.97. The molecular weight excluding hydrogens is 290 g/mol. The highest BCUT2D eigenvalue weighted by Crippen LogP contribution is 2.34. The Balaban J connectivity index is 1.74. The van der Waals surface area contributed by atoms with Crippen LogP contribution in [0.3, 0.4) is 0 Å². The van der Waals surface area contributed by atoms with Crippen LogP contribution in [0.4, 0.5) is 0 Å². The summed E-state index contributed by atoms with van der Waals surface area (Å²) in [6.45, 7) is 3.47. The van der Waals surface area contributed by atoms with Crippen molar-refractivity contribution in [3.63, 3.8) is 0 Å². The maximum Gasteiger partial charge on any atom is 0.289 e. The zero-order valence-electron chi connectivity index (χ0n) is 13.2. The molecule has 1 aromatic heterocycles. The number of rotatable bonds is 6. The number of aliphatic hydroxyl groups excluding tert-OH is 1. The Morgan fingerprint density at radius 3 is 2.65 bits per heavy atom. The number of benzene rings is 1. The van der Waals surface area contributed by atoms with Crippen molar-refractivity contribution in [1.29, 1.82) is 0 Å². The highest BCUT2D eigenvalue weighted by molar-refractivity contribution is 6.05. The fraction of sp³-hybridized carbons (Fsp3) is 0.333. The zero-order chi connectivity index (χ0) is 16.2. The van der Waals surface area contributed by atoms with E-state index in [1.807, 2.05) is 48.0 Å². The molecule has 1 aromatic carbocycles. The van der Waals surface area contributed by atoms with Crippen LogP contribution in [0, 0.1) is 0 Å². The molecule has 3 rings (SSSR count). The topological polar surface area (TPSA) is 58.4 Å². The van der Waals surface area contributed by atoms with Crippen LogP contribution in [0.25, 0.3) is 5.57 Å². The van der Waals surface area contributed by atoms with Gasteiger partial charge in [0.1, 0.15) is 0 Å². The van der Waals surface area contributed by atoms with Gasteiger partial charge in [0.05, 0.1) is 12.4 Å². The molecular formula is C18H21N3O2. The summed E-state index contributed by atoms with van der Waals surface area (Å²) in [5.41, 5.74) is 1.67. The molecule has 0 fully saturated rings. The van der Waals surface area contributed by atoms with Crippen molar-refractivity contribution in [3.05, 3.63) is 60.4 Å². The van der Waals surface area contributed by atoms with Crippen molar-refractivity contribution in [2.75, 3.05) is 6.54 Å². The van der Waals surface area contributed by atoms with Gasteiger partial charge >= 0.3 is 0 Å². The van der Waals surface area contributed by atoms with E-state index in [1.54, 1.807) is 17.4 Å². The molecule has 1 unspecified atom stereocenters. The van der Waals surface area contributed by atoms with Gasteiger partial charge in [0.2, 0.25) is 0 Å². The molecule has 23 heavy (non-hydrogen) atoms.